The molecule has 2 atom stereocenters. The zero-order valence-corrected chi connectivity index (χ0v) is 20.6. The van der Waals surface area contributed by atoms with Crippen LogP contribution in [-0.4, -0.2) is 33.2 Å². The summed E-state index contributed by atoms with van der Waals surface area (Å²) in [5, 5.41) is 0. The van der Waals surface area contributed by atoms with Gasteiger partial charge in [0.1, 0.15) is 5.75 Å². The Bertz CT molecular complexity index is 1440. The quantitative estimate of drug-likeness (QED) is 0.503. The first-order valence-electron chi connectivity index (χ1n) is 10.4. The number of hydrogen-bond acceptors (Lipinski definition) is 8. The van der Waals surface area contributed by atoms with Gasteiger partial charge in [0.15, 0.2) is 17.6 Å². The molecule has 11 heteroatoms. The van der Waals surface area contributed by atoms with Gasteiger partial charge < -0.3 is 18.9 Å². The number of ether oxygens (including phenoxy) is 4. The second kappa shape index (κ2) is 8.90. The fourth-order valence-electron chi connectivity index (χ4n) is 3.76. The predicted octanol–water partition coefficient (Wildman–Crippen LogP) is 4.29. The van der Waals surface area contributed by atoms with Gasteiger partial charge in [-0.05, 0) is 49.4 Å². The van der Waals surface area contributed by atoms with E-state index in [1.165, 1.54) is 12.1 Å². The predicted molar refractivity (Wildman–Crippen MR) is 126 cm³/mol. The highest BCUT2D eigenvalue weighted by Gasteiger charge is 2.42. The molecule has 180 valence electrons. The van der Waals surface area contributed by atoms with Crippen LogP contribution in [0.3, 0.4) is 0 Å². The fraction of sp³-hybridized carbons (Fsp3) is 0.167. The van der Waals surface area contributed by atoms with Crippen molar-refractivity contribution in [3.63, 3.8) is 0 Å². The fourth-order valence-corrected chi connectivity index (χ4v) is 5.00. The number of carbonyl (C=O) groups excluding carboxylic acids is 2. The molecule has 0 bridgehead atoms. The Morgan fingerprint density at radius 2 is 1.71 bits per heavy atom. The van der Waals surface area contributed by atoms with Crippen LogP contribution in [-0.2, 0) is 14.8 Å². The lowest BCUT2D eigenvalue weighted by Gasteiger charge is -2.32. The minimum absolute atomic E-state index is 0.0549. The Kier molecular flexibility index (Phi) is 5.89. The maximum absolute atomic E-state index is 13.4. The summed E-state index contributed by atoms with van der Waals surface area (Å²) < 4.78 is 49.9. The molecule has 9 nitrogen and oxygen atoms in total. The van der Waals surface area contributed by atoms with Crippen molar-refractivity contribution in [2.75, 3.05) is 6.79 Å². The third-order valence-corrected chi connectivity index (χ3v) is 7.32. The van der Waals surface area contributed by atoms with Crippen LogP contribution < -0.4 is 18.9 Å². The Labute approximate surface area is 209 Å². The number of amides is 1. The third kappa shape index (κ3) is 4.56. The van der Waals surface area contributed by atoms with Crippen molar-refractivity contribution in [2.24, 2.45) is 0 Å². The van der Waals surface area contributed by atoms with E-state index in [1.54, 1.807) is 55.5 Å². The second-order valence-corrected chi connectivity index (χ2v) is 10.5. The number of carbonyl (C=O) groups is 2. The van der Waals surface area contributed by atoms with E-state index in [0.717, 1.165) is 5.56 Å². The van der Waals surface area contributed by atoms with Crippen LogP contribution in [0.1, 0.15) is 27.6 Å². The number of nitrogens with one attached hydrogen (secondary N) is 1. The topological polar surface area (TPSA) is 117 Å². The molecule has 3 aromatic carbocycles. The summed E-state index contributed by atoms with van der Waals surface area (Å²) >= 11 is 3.32. The molecule has 1 amide bonds. The van der Waals surface area contributed by atoms with Gasteiger partial charge in [-0.2, -0.15) is 0 Å². The highest BCUT2D eigenvalue weighted by Crippen LogP contribution is 2.41. The van der Waals surface area contributed by atoms with Crippen molar-refractivity contribution >= 4 is 37.8 Å². The molecule has 2 aliphatic rings. The lowest BCUT2D eigenvalue weighted by molar-refractivity contribution is 0.0106. The van der Waals surface area contributed by atoms with Crippen molar-refractivity contribution in [3.8, 4) is 17.2 Å². The normalized spacial score (nSPS) is 18.4. The molecule has 0 aliphatic carbocycles. The summed E-state index contributed by atoms with van der Waals surface area (Å²) in [5.41, 5.74) is 1.53. The first kappa shape index (κ1) is 23.2. The third-order valence-electron chi connectivity index (χ3n) is 5.50. The van der Waals surface area contributed by atoms with E-state index in [4.69, 9.17) is 18.9 Å². The molecular weight excluding hydrogens is 542 g/mol. The molecule has 3 aromatic rings. The van der Waals surface area contributed by atoms with E-state index in [-0.39, 0.29) is 17.3 Å². The van der Waals surface area contributed by atoms with E-state index in [2.05, 4.69) is 15.9 Å². The van der Waals surface area contributed by atoms with E-state index in [1.807, 2.05) is 4.72 Å². The summed E-state index contributed by atoms with van der Waals surface area (Å²) in [6, 6.07) is 15.7. The van der Waals surface area contributed by atoms with Crippen LogP contribution >= 0.6 is 15.9 Å². The smallest absolute Gasteiger partial charge is 0.422 e. The van der Waals surface area contributed by atoms with Crippen molar-refractivity contribution in [2.45, 2.75) is 24.0 Å². The van der Waals surface area contributed by atoms with Gasteiger partial charge in [0, 0.05) is 10.0 Å². The van der Waals surface area contributed by atoms with E-state index in [0.29, 0.717) is 27.3 Å². The van der Waals surface area contributed by atoms with Crippen molar-refractivity contribution < 1.29 is 37.0 Å². The summed E-state index contributed by atoms with van der Waals surface area (Å²) in [7, 11) is -4.22. The minimum Gasteiger partial charge on any atom is -0.481 e. The maximum atomic E-state index is 13.4. The number of rotatable bonds is 4. The molecule has 2 aliphatic heterocycles. The standard InChI is InChI=1S/C24H18BrNO8S/c1-13-2-6-16(7-3-13)35(29,30)26-24(28)34-23-21(27)17-11-15(25)5-9-18(17)33-22(23)14-4-8-19-20(10-14)32-12-31-19/h2-11,22-23H,12H2,1H3,(H,26,28)/t22-,23+/m0/s1. The SMILES string of the molecule is Cc1ccc(S(=O)(=O)NC(=O)O[C@@H]2C(=O)c3cc(Br)ccc3O[C@H]2c2ccc3c(c2)OCO3)cc1. The number of ketones is 1. The van der Waals surface area contributed by atoms with Crippen LogP contribution in [0.2, 0.25) is 0 Å². The van der Waals surface area contributed by atoms with Gasteiger partial charge in [-0.25, -0.2) is 17.9 Å². The Hall–Kier alpha value is -3.57. The van der Waals surface area contributed by atoms with Crippen molar-refractivity contribution in [3.05, 3.63) is 81.8 Å². The molecular formula is C24H18BrNO8S. The zero-order valence-electron chi connectivity index (χ0n) is 18.2. The van der Waals surface area contributed by atoms with Gasteiger partial charge in [0.25, 0.3) is 10.0 Å². The van der Waals surface area contributed by atoms with E-state index in [9.17, 15) is 18.0 Å². The minimum atomic E-state index is -4.22. The van der Waals surface area contributed by atoms with Gasteiger partial charge in [0.2, 0.25) is 18.7 Å². The van der Waals surface area contributed by atoms with Gasteiger partial charge in [0.05, 0.1) is 10.5 Å². The Balaban J connectivity index is 1.45. The summed E-state index contributed by atoms with van der Waals surface area (Å²) in [6.45, 7) is 1.86. The first-order chi connectivity index (χ1) is 16.7. The molecule has 2 heterocycles. The molecule has 35 heavy (non-hydrogen) atoms. The molecule has 0 unspecified atom stereocenters. The summed E-state index contributed by atoms with van der Waals surface area (Å²) in [4.78, 5) is 25.9. The molecule has 0 fully saturated rings. The number of Topliss-reactive ketones (excluding diaryl/α,β-unsaturated/α-hetero) is 1. The molecule has 0 spiro atoms. The summed E-state index contributed by atoms with van der Waals surface area (Å²) in [5.74, 6) is 0.733. The maximum Gasteiger partial charge on any atom is 0.422 e. The van der Waals surface area contributed by atoms with Gasteiger partial charge in [-0.15, -0.1) is 0 Å². The van der Waals surface area contributed by atoms with Gasteiger partial charge >= 0.3 is 6.09 Å². The summed E-state index contributed by atoms with van der Waals surface area (Å²) in [6.07, 6.45) is -3.83. The lowest BCUT2D eigenvalue weighted by Crippen LogP contribution is -2.43. The van der Waals surface area contributed by atoms with Crippen LogP contribution in [0.5, 0.6) is 17.2 Å². The van der Waals surface area contributed by atoms with Crippen LogP contribution in [0.15, 0.2) is 70.0 Å². The molecule has 5 rings (SSSR count). The average Bonchev–Trinajstić information content (AvgIpc) is 3.29. The van der Waals surface area contributed by atoms with Crippen LogP contribution in [0, 0.1) is 6.92 Å². The molecule has 0 radical (unpaired) electrons. The number of benzene rings is 3. The molecule has 0 saturated heterocycles. The first-order valence-corrected chi connectivity index (χ1v) is 12.7. The van der Waals surface area contributed by atoms with Crippen LogP contribution in [0.25, 0.3) is 0 Å². The monoisotopic (exact) mass is 559 g/mol. The zero-order chi connectivity index (χ0) is 24.7. The average molecular weight is 560 g/mol. The number of sulfonamides is 1. The number of halogens is 1. The number of hydrogen-bond donors (Lipinski definition) is 1. The van der Waals surface area contributed by atoms with Crippen molar-refractivity contribution in [1.82, 2.24) is 4.72 Å². The molecule has 0 aromatic heterocycles. The largest absolute Gasteiger partial charge is 0.481 e. The van der Waals surface area contributed by atoms with E-state index < -0.39 is 34.1 Å². The lowest BCUT2D eigenvalue weighted by atomic mass is 9.93. The van der Waals surface area contributed by atoms with E-state index >= 15 is 0 Å². The Morgan fingerprint density at radius 3 is 2.49 bits per heavy atom. The van der Waals surface area contributed by atoms with Gasteiger partial charge in [-0.3, -0.25) is 4.79 Å². The van der Waals surface area contributed by atoms with Crippen molar-refractivity contribution in [1.29, 1.82) is 0 Å². The number of fused-ring (bicyclic) bond motifs is 2. The molecule has 1 N–H and O–H groups in total. The Morgan fingerprint density at radius 1 is 1.00 bits per heavy atom. The highest BCUT2D eigenvalue weighted by atomic mass is 79.9. The highest BCUT2D eigenvalue weighted by molar-refractivity contribution is 9.10. The molecule has 0 saturated carbocycles. The second-order valence-electron chi connectivity index (χ2n) is 7.90. The number of aryl methyl sites for hydroxylation is 1. The van der Waals surface area contributed by atoms with Gasteiger partial charge in [-0.1, -0.05) is 39.7 Å². The van der Waals surface area contributed by atoms with Crippen LogP contribution in [0.4, 0.5) is 4.79 Å².